The number of H-pyrrole nitrogens is 1. The van der Waals surface area contributed by atoms with E-state index in [1.165, 1.54) is 6.07 Å². The number of carbonyl (C=O) groups excluding carboxylic acids is 1. The van der Waals surface area contributed by atoms with E-state index in [0.717, 1.165) is 0 Å². The first kappa shape index (κ1) is 10.2. The molecule has 0 radical (unpaired) electrons. The number of aromatic amines is 1. The Balaban J connectivity index is 2.78. The first-order valence-electron chi connectivity index (χ1n) is 3.52. The average Bonchev–Trinajstić information content (AvgIpc) is 2.02. The second kappa shape index (κ2) is 4.39. The maximum Gasteiger partial charge on any atom is 0.265 e. The summed E-state index contributed by atoms with van der Waals surface area (Å²) in [4.78, 5) is 21.1. The van der Waals surface area contributed by atoms with Crippen LogP contribution in [0.5, 0.6) is 0 Å². The van der Waals surface area contributed by atoms with Gasteiger partial charge in [0.15, 0.2) is 0 Å². The van der Waals surface area contributed by atoms with E-state index in [4.69, 9.17) is 23.2 Å². The van der Waals surface area contributed by atoms with Gasteiger partial charge in [0, 0.05) is 18.9 Å². The summed E-state index contributed by atoms with van der Waals surface area (Å²) in [7, 11) is 0. The van der Waals surface area contributed by atoms with Crippen molar-refractivity contribution in [2.45, 2.75) is 12.8 Å². The van der Waals surface area contributed by atoms with Gasteiger partial charge in [0.2, 0.25) is 5.24 Å². The zero-order valence-corrected chi connectivity index (χ0v) is 8.02. The van der Waals surface area contributed by atoms with Crippen molar-refractivity contribution in [1.82, 2.24) is 10.2 Å². The summed E-state index contributed by atoms with van der Waals surface area (Å²) in [5.74, 6) is 0. The van der Waals surface area contributed by atoms with Gasteiger partial charge >= 0.3 is 0 Å². The van der Waals surface area contributed by atoms with Crippen molar-refractivity contribution in [2.24, 2.45) is 0 Å². The third kappa shape index (κ3) is 3.16. The van der Waals surface area contributed by atoms with Gasteiger partial charge in [0.05, 0.1) is 10.7 Å². The molecule has 6 heteroatoms. The lowest BCUT2D eigenvalue weighted by atomic mass is 10.2. The molecule has 0 aromatic carbocycles. The standard InChI is InChI=1S/C7H6Cl2N2O2/c8-4-3-7(13)11-10-5(4)1-2-6(9)12/h3H,1-2H2,(H,11,13). The minimum atomic E-state index is -0.455. The fraction of sp³-hybridized carbons (Fsp3) is 0.286. The van der Waals surface area contributed by atoms with Gasteiger partial charge in [-0.05, 0) is 11.6 Å². The van der Waals surface area contributed by atoms with Crippen molar-refractivity contribution < 1.29 is 4.79 Å². The molecule has 1 heterocycles. The third-order valence-corrected chi connectivity index (χ3v) is 1.91. The summed E-state index contributed by atoms with van der Waals surface area (Å²) in [6, 6.07) is 1.21. The van der Waals surface area contributed by atoms with Crippen LogP contribution < -0.4 is 5.56 Å². The Morgan fingerprint density at radius 2 is 2.31 bits per heavy atom. The highest BCUT2D eigenvalue weighted by atomic mass is 35.5. The van der Waals surface area contributed by atoms with Gasteiger partial charge < -0.3 is 0 Å². The van der Waals surface area contributed by atoms with Crippen molar-refractivity contribution in [3.05, 3.63) is 27.1 Å². The van der Waals surface area contributed by atoms with Gasteiger partial charge in [-0.3, -0.25) is 9.59 Å². The SMILES string of the molecule is O=C(Cl)CCc1n[nH]c(=O)cc1Cl. The highest BCUT2D eigenvalue weighted by Crippen LogP contribution is 2.11. The second-order valence-corrected chi connectivity index (χ2v) is 3.21. The van der Waals surface area contributed by atoms with Crippen molar-refractivity contribution in [2.75, 3.05) is 0 Å². The lowest BCUT2D eigenvalue weighted by molar-refractivity contribution is -0.111. The summed E-state index contributed by atoms with van der Waals surface area (Å²) < 4.78 is 0. The Labute approximate surface area is 83.9 Å². The summed E-state index contributed by atoms with van der Waals surface area (Å²) in [5, 5.41) is 5.69. The number of halogens is 2. The molecule has 1 N–H and O–H groups in total. The Bertz CT molecular complexity index is 375. The van der Waals surface area contributed by atoms with E-state index in [9.17, 15) is 9.59 Å². The van der Waals surface area contributed by atoms with Crippen molar-refractivity contribution >= 4 is 28.4 Å². The molecule has 0 unspecified atom stereocenters. The molecule has 1 aromatic heterocycles. The number of nitrogens with zero attached hydrogens (tertiary/aromatic N) is 1. The van der Waals surface area contributed by atoms with Crippen molar-refractivity contribution in [1.29, 1.82) is 0 Å². The molecule has 0 spiro atoms. The molecule has 0 bridgehead atoms. The molecule has 1 rings (SSSR count). The maximum absolute atomic E-state index is 10.7. The number of hydrogen-bond acceptors (Lipinski definition) is 3. The zero-order valence-electron chi connectivity index (χ0n) is 6.51. The quantitative estimate of drug-likeness (QED) is 0.778. The number of hydrogen-bond donors (Lipinski definition) is 1. The van der Waals surface area contributed by atoms with E-state index >= 15 is 0 Å². The topological polar surface area (TPSA) is 62.8 Å². The summed E-state index contributed by atoms with van der Waals surface area (Å²) in [6.07, 6.45) is 0.484. The Hall–Kier alpha value is -0.870. The molecule has 70 valence electrons. The van der Waals surface area contributed by atoms with Crippen LogP contribution in [-0.2, 0) is 11.2 Å². The third-order valence-electron chi connectivity index (χ3n) is 1.39. The van der Waals surface area contributed by atoms with Gasteiger partial charge in [0.1, 0.15) is 0 Å². The van der Waals surface area contributed by atoms with Gasteiger partial charge in [-0.25, -0.2) is 5.10 Å². The molecule has 0 aliphatic rings. The normalized spacial score (nSPS) is 10.0. The number of rotatable bonds is 3. The van der Waals surface area contributed by atoms with E-state index in [2.05, 4.69) is 10.2 Å². The van der Waals surface area contributed by atoms with E-state index in [1.807, 2.05) is 0 Å². The Kier molecular flexibility index (Phi) is 3.45. The zero-order chi connectivity index (χ0) is 9.84. The summed E-state index contributed by atoms with van der Waals surface area (Å²) >= 11 is 10.8. The molecule has 0 atom stereocenters. The van der Waals surface area contributed by atoms with Crippen LogP contribution in [0.1, 0.15) is 12.1 Å². The van der Waals surface area contributed by atoms with E-state index in [0.29, 0.717) is 12.1 Å². The molecule has 0 fully saturated rings. The largest absolute Gasteiger partial charge is 0.281 e. The second-order valence-electron chi connectivity index (χ2n) is 2.38. The molecular weight excluding hydrogens is 215 g/mol. The predicted octanol–water partition coefficient (Wildman–Crippen LogP) is 1.12. The lowest BCUT2D eigenvalue weighted by Gasteiger charge is -1.98. The van der Waals surface area contributed by atoms with Crippen LogP contribution in [0.3, 0.4) is 0 Å². The monoisotopic (exact) mass is 220 g/mol. The highest BCUT2D eigenvalue weighted by Gasteiger charge is 2.04. The summed E-state index contributed by atoms with van der Waals surface area (Å²) in [5.41, 5.74) is 0.0983. The van der Waals surface area contributed by atoms with Crippen LogP contribution in [-0.4, -0.2) is 15.4 Å². The number of nitrogens with one attached hydrogen (secondary N) is 1. The summed E-state index contributed by atoms with van der Waals surface area (Å²) in [6.45, 7) is 0. The lowest BCUT2D eigenvalue weighted by Crippen LogP contribution is -2.09. The van der Waals surface area contributed by atoms with E-state index in [1.54, 1.807) is 0 Å². The van der Waals surface area contributed by atoms with Gasteiger partial charge in [-0.1, -0.05) is 11.6 Å². The first-order chi connectivity index (χ1) is 6.09. The number of carbonyl (C=O) groups is 1. The van der Waals surface area contributed by atoms with E-state index in [-0.39, 0.29) is 17.0 Å². The van der Waals surface area contributed by atoms with Gasteiger partial charge in [0.25, 0.3) is 5.56 Å². The van der Waals surface area contributed by atoms with Crippen molar-refractivity contribution in [3.8, 4) is 0 Å². The molecule has 1 aromatic rings. The molecule has 0 aliphatic heterocycles. The highest BCUT2D eigenvalue weighted by molar-refractivity contribution is 6.63. The Morgan fingerprint density at radius 1 is 1.62 bits per heavy atom. The molecule has 0 aliphatic carbocycles. The molecule has 0 saturated heterocycles. The molecule has 13 heavy (non-hydrogen) atoms. The molecule has 0 saturated carbocycles. The van der Waals surface area contributed by atoms with Gasteiger partial charge in [-0.15, -0.1) is 0 Å². The van der Waals surface area contributed by atoms with E-state index < -0.39 is 5.24 Å². The van der Waals surface area contributed by atoms with Crippen LogP contribution >= 0.6 is 23.2 Å². The minimum absolute atomic E-state index is 0.153. The molecule has 4 nitrogen and oxygen atoms in total. The average molecular weight is 221 g/mol. The molecule has 0 amide bonds. The minimum Gasteiger partial charge on any atom is -0.281 e. The van der Waals surface area contributed by atoms with Crippen LogP contribution in [0.15, 0.2) is 10.9 Å². The fourth-order valence-corrected chi connectivity index (χ4v) is 1.13. The maximum atomic E-state index is 10.7. The first-order valence-corrected chi connectivity index (χ1v) is 4.27. The number of aromatic nitrogens is 2. The van der Waals surface area contributed by atoms with Crippen LogP contribution in [0.4, 0.5) is 0 Å². The molecular formula is C7H6Cl2N2O2. The van der Waals surface area contributed by atoms with Crippen LogP contribution in [0, 0.1) is 0 Å². The van der Waals surface area contributed by atoms with Crippen LogP contribution in [0.25, 0.3) is 0 Å². The number of aryl methyl sites for hydroxylation is 1. The predicted molar refractivity (Wildman–Crippen MR) is 49.0 cm³/mol. The smallest absolute Gasteiger partial charge is 0.265 e. The van der Waals surface area contributed by atoms with Crippen LogP contribution in [0.2, 0.25) is 5.02 Å². The van der Waals surface area contributed by atoms with Crippen molar-refractivity contribution in [3.63, 3.8) is 0 Å². The Morgan fingerprint density at radius 3 is 2.85 bits per heavy atom. The van der Waals surface area contributed by atoms with Gasteiger partial charge in [-0.2, -0.15) is 5.10 Å². The fourth-order valence-electron chi connectivity index (χ4n) is 0.799.